The Balaban J connectivity index is 2.84. The van der Waals surface area contributed by atoms with Crippen LogP contribution in [0, 0.1) is 0 Å². The first-order valence-corrected chi connectivity index (χ1v) is 5.13. The van der Waals surface area contributed by atoms with E-state index in [1.54, 1.807) is 6.07 Å². The molecule has 3 N–H and O–H groups in total. The van der Waals surface area contributed by atoms with Crippen LogP contribution in [0.5, 0.6) is 5.75 Å². The fourth-order valence-electron chi connectivity index (χ4n) is 1.25. The third-order valence-corrected chi connectivity index (χ3v) is 2.78. The molecule has 1 unspecified atom stereocenters. The number of hydrogen-bond acceptors (Lipinski definition) is 2. The zero-order chi connectivity index (χ0) is 9.84. The molecule has 0 heterocycles. The van der Waals surface area contributed by atoms with Crippen LogP contribution in [0.25, 0.3) is 0 Å². The van der Waals surface area contributed by atoms with Gasteiger partial charge in [-0.3, -0.25) is 0 Å². The minimum absolute atomic E-state index is 0.281. The van der Waals surface area contributed by atoms with Crippen LogP contribution in [0.2, 0.25) is 0 Å². The fourth-order valence-corrected chi connectivity index (χ4v) is 1.64. The van der Waals surface area contributed by atoms with Crippen molar-refractivity contribution in [1.29, 1.82) is 0 Å². The molecule has 0 aliphatic carbocycles. The lowest BCUT2D eigenvalue weighted by molar-refractivity contribution is 0.471. The lowest BCUT2D eigenvalue weighted by atomic mass is 9.98. The summed E-state index contributed by atoms with van der Waals surface area (Å²) >= 11 is 3.28. The Bertz CT molecular complexity index is 288. The largest absolute Gasteiger partial charge is 0.507 e. The van der Waals surface area contributed by atoms with Gasteiger partial charge in [0.1, 0.15) is 5.75 Å². The smallest absolute Gasteiger partial charge is 0.129 e. The second kappa shape index (κ2) is 4.63. The van der Waals surface area contributed by atoms with Crippen molar-refractivity contribution < 1.29 is 5.11 Å². The molecule has 3 heteroatoms. The van der Waals surface area contributed by atoms with Gasteiger partial charge in [0.25, 0.3) is 0 Å². The van der Waals surface area contributed by atoms with E-state index in [1.165, 1.54) is 5.56 Å². The fraction of sp³-hybridized carbons (Fsp3) is 0.400. The average molecular weight is 244 g/mol. The van der Waals surface area contributed by atoms with Gasteiger partial charge in [0, 0.05) is 0 Å². The highest BCUT2D eigenvalue weighted by molar-refractivity contribution is 9.10. The number of hydrogen-bond donors (Lipinski definition) is 2. The zero-order valence-corrected chi connectivity index (χ0v) is 9.21. The molecular formula is C10H14BrNO. The SMILES string of the molecule is CC(CCN)c1ccc(O)c(Br)c1. The molecule has 1 rings (SSSR count). The van der Waals surface area contributed by atoms with E-state index in [9.17, 15) is 5.11 Å². The van der Waals surface area contributed by atoms with E-state index in [0.717, 1.165) is 10.9 Å². The van der Waals surface area contributed by atoms with Crippen molar-refractivity contribution >= 4 is 15.9 Å². The highest BCUT2D eigenvalue weighted by Crippen LogP contribution is 2.28. The first kappa shape index (κ1) is 10.5. The maximum Gasteiger partial charge on any atom is 0.129 e. The maximum absolute atomic E-state index is 9.28. The molecular weight excluding hydrogens is 230 g/mol. The summed E-state index contributed by atoms with van der Waals surface area (Å²) < 4.78 is 0.744. The summed E-state index contributed by atoms with van der Waals surface area (Å²) in [6.07, 6.45) is 0.969. The van der Waals surface area contributed by atoms with Crippen molar-refractivity contribution in [2.24, 2.45) is 5.73 Å². The third-order valence-electron chi connectivity index (χ3n) is 2.14. The monoisotopic (exact) mass is 243 g/mol. The van der Waals surface area contributed by atoms with E-state index in [4.69, 9.17) is 5.73 Å². The van der Waals surface area contributed by atoms with Crippen molar-refractivity contribution in [1.82, 2.24) is 0 Å². The second-order valence-electron chi connectivity index (χ2n) is 3.19. The molecule has 0 amide bonds. The van der Waals surface area contributed by atoms with E-state index in [0.29, 0.717) is 12.5 Å². The van der Waals surface area contributed by atoms with Gasteiger partial charge < -0.3 is 10.8 Å². The van der Waals surface area contributed by atoms with Crippen LogP contribution >= 0.6 is 15.9 Å². The normalized spacial score (nSPS) is 12.8. The topological polar surface area (TPSA) is 46.2 Å². The van der Waals surface area contributed by atoms with E-state index < -0.39 is 0 Å². The summed E-state index contributed by atoms with van der Waals surface area (Å²) in [5.41, 5.74) is 6.68. The van der Waals surface area contributed by atoms with Crippen LogP contribution in [0.3, 0.4) is 0 Å². The van der Waals surface area contributed by atoms with E-state index >= 15 is 0 Å². The zero-order valence-electron chi connectivity index (χ0n) is 7.63. The molecule has 0 saturated carbocycles. The Hall–Kier alpha value is -0.540. The molecule has 0 saturated heterocycles. The molecule has 2 nitrogen and oxygen atoms in total. The molecule has 0 aliphatic rings. The minimum Gasteiger partial charge on any atom is -0.507 e. The highest BCUT2D eigenvalue weighted by atomic mass is 79.9. The van der Waals surface area contributed by atoms with Crippen molar-refractivity contribution in [3.05, 3.63) is 28.2 Å². The second-order valence-corrected chi connectivity index (χ2v) is 4.04. The molecule has 1 aromatic carbocycles. The summed E-state index contributed by atoms with van der Waals surface area (Å²) in [5, 5.41) is 9.28. The molecule has 72 valence electrons. The Morgan fingerprint density at radius 3 is 2.77 bits per heavy atom. The number of phenols is 1. The molecule has 0 aromatic heterocycles. The van der Waals surface area contributed by atoms with Gasteiger partial charge in [-0.1, -0.05) is 13.0 Å². The van der Waals surface area contributed by atoms with Gasteiger partial charge in [-0.15, -0.1) is 0 Å². The predicted molar refractivity (Wildman–Crippen MR) is 57.9 cm³/mol. The van der Waals surface area contributed by atoms with Gasteiger partial charge in [-0.2, -0.15) is 0 Å². The van der Waals surface area contributed by atoms with E-state index in [2.05, 4.69) is 22.9 Å². The number of phenolic OH excluding ortho intramolecular Hbond substituents is 1. The quantitative estimate of drug-likeness (QED) is 0.858. The number of rotatable bonds is 3. The molecule has 1 atom stereocenters. The number of halogens is 1. The predicted octanol–water partition coefficient (Wildman–Crippen LogP) is 2.61. The van der Waals surface area contributed by atoms with Crippen molar-refractivity contribution in [3.8, 4) is 5.75 Å². The number of benzene rings is 1. The van der Waals surface area contributed by atoms with Crippen LogP contribution in [0.15, 0.2) is 22.7 Å². The standard InChI is InChI=1S/C10H14BrNO/c1-7(4-5-12)8-2-3-10(13)9(11)6-8/h2-3,6-7,13H,4-5,12H2,1H3. The van der Waals surface area contributed by atoms with Crippen molar-refractivity contribution in [2.45, 2.75) is 19.3 Å². The molecule has 13 heavy (non-hydrogen) atoms. The van der Waals surface area contributed by atoms with E-state index in [1.807, 2.05) is 12.1 Å². The van der Waals surface area contributed by atoms with Crippen molar-refractivity contribution in [2.75, 3.05) is 6.54 Å². The number of nitrogens with two attached hydrogens (primary N) is 1. The van der Waals surface area contributed by atoms with Crippen LogP contribution in [0.4, 0.5) is 0 Å². The Morgan fingerprint density at radius 1 is 1.54 bits per heavy atom. The van der Waals surface area contributed by atoms with Crippen LogP contribution in [0.1, 0.15) is 24.8 Å². The van der Waals surface area contributed by atoms with Crippen LogP contribution in [-0.4, -0.2) is 11.7 Å². The molecule has 0 bridgehead atoms. The third kappa shape index (κ3) is 2.71. The van der Waals surface area contributed by atoms with Gasteiger partial charge in [-0.05, 0) is 52.5 Å². The Kier molecular flexibility index (Phi) is 3.75. The molecule has 0 fully saturated rings. The molecule has 0 radical (unpaired) electrons. The summed E-state index contributed by atoms with van der Waals surface area (Å²) in [5.74, 6) is 0.727. The summed E-state index contributed by atoms with van der Waals surface area (Å²) in [6.45, 7) is 2.82. The molecule has 0 spiro atoms. The number of aromatic hydroxyl groups is 1. The van der Waals surface area contributed by atoms with E-state index in [-0.39, 0.29) is 5.75 Å². The average Bonchev–Trinajstić information content (AvgIpc) is 2.10. The molecule has 0 aliphatic heterocycles. The van der Waals surface area contributed by atoms with Crippen LogP contribution < -0.4 is 5.73 Å². The van der Waals surface area contributed by atoms with Gasteiger partial charge in [0.05, 0.1) is 4.47 Å². The summed E-state index contributed by atoms with van der Waals surface area (Å²) in [4.78, 5) is 0. The molecule has 1 aromatic rings. The van der Waals surface area contributed by atoms with Gasteiger partial charge in [0.15, 0.2) is 0 Å². The first-order valence-electron chi connectivity index (χ1n) is 4.33. The van der Waals surface area contributed by atoms with Gasteiger partial charge in [0.2, 0.25) is 0 Å². The summed E-state index contributed by atoms with van der Waals surface area (Å²) in [7, 11) is 0. The first-order chi connectivity index (χ1) is 6.15. The Labute approximate surface area is 86.9 Å². The van der Waals surface area contributed by atoms with Gasteiger partial charge in [-0.25, -0.2) is 0 Å². The maximum atomic E-state index is 9.28. The van der Waals surface area contributed by atoms with Gasteiger partial charge >= 0.3 is 0 Å². The highest BCUT2D eigenvalue weighted by Gasteiger charge is 2.06. The van der Waals surface area contributed by atoms with Crippen molar-refractivity contribution in [3.63, 3.8) is 0 Å². The van der Waals surface area contributed by atoms with Crippen LogP contribution in [-0.2, 0) is 0 Å². The summed E-state index contributed by atoms with van der Waals surface area (Å²) in [6, 6.07) is 5.57. The minimum atomic E-state index is 0.281. The lowest BCUT2D eigenvalue weighted by Crippen LogP contribution is -2.04. The Morgan fingerprint density at radius 2 is 2.23 bits per heavy atom. The lowest BCUT2D eigenvalue weighted by Gasteiger charge is -2.10.